The predicted octanol–water partition coefficient (Wildman–Crippen LogP) is 1.15. The number of nitrogens with one attached hydrogen (secondary N) is 1. The van der Waals surface area contributed by atoms with E-state index in [0.717, 1.165) is 6.20 Å². The minimum Gasteiger partial charge on any atom is -0.379 e. The van der Waals surface area contributed by atoms with Crippen molar-refractivity contribution < 1.29 is 22.6 Å². The summed E-state index contributed by atoms with van der Waals surface area (Å²) in [6, 6.07) is 0.0816. The monoisotopic (exact) mass is 441 g/mol. The van der Waals surface area contributed by atoms with E-state index in [4.69, 9.17) is 20.2 Å². The Bertz CT molecular complexity index is 877. The van der Waals surface area contributed by atoms with Crippen LogP contribution < -0.4 is 11.1 Å². The first-order valence-corrected chi connectivity index (χ1v) is 10.2. The molecule has 0 radical (unpaired) electrons. The Kier molecular flexibility index (Phi) is 6.04. The molecule has 170 valence electrons. The van der Waals surface area contributed by atoms with Gasteiger partial charge in [0.1, 0.15) is 5.84 Å². The molecule has 3 aliphatic heterocycles. The van der Waals surface area contributed by atoms with Crippen LogP contribution in [0.5, 0.6) is 0 Å². The molecule has 3 N–H and O–H groups in total. The normalized spacial score (nSPS) is 28.0. The van der Waals surface area contributed by atoms with Crippen LogP contribution in [-0.4, -0.2) is 83.5 Å². The Morgan fingerprint density at radius 3 is 2.52 bits per heavy atom. The maximum Gasteiger partial charge on any atom is 0.434 e. The Hall–Kier alpha value is -2.44. The molecular weight excluding hydrogens is 415 g/mol. The van der Waals surface area contributed by atoms with Crippen molar-refractivity contribution in [1.82, 2.24) is 25.1 Å². The second kappa shape index (κ2) is 8.60. The third-order valence-corrected chi connectivity index (χ3v) is 5.57. The molecule has 3 atom stereocenters. The van der Waals surface area contributed by atoms with E-state index in [2.05, 4.69) is 20.2 Å². The number of rotatable bonds is 2. The van der Waals surface area contributed by atoms with Gasteiger partial charge in [0.15, 0.2) is 12.0 Å². The van der Waals surface area contributed by atoms with E-state index in [1.165, 1.54) is 0 Å². The van der Waals surface area contributed by atoms with Crippen molar-refractivity contribution in [1.29, 1.82) is 0 Å². The van der Waals surface area contributed by atoms with Crippen LogP contribution in [0.2, 0.25) is 0 Å². The van der Waals surface area contributed by atoms with Crippen molar-refractivity contribution in [2.75, 3.05) is 45.3 Å². The van der Waals surface area contributed by atoms with Gasteiger partial charge in [0.25, 0.3) is 0 Å². The standard InChI is InChI=1S/C19H26F3N7O2/c1-11-9-30-5-3-28(11)15-7-14(13-8-24-17(23)27-16(13)19(20,21)22)25-18(26-15)29-4-6-31-10-12(29)2/h7-8,11-12,18,25H,3-6,9-10H2,1-2H3,(H2,23,24,27)/t11-,12-,18?/m0/s1. The highest BCUT2D eigenvalue weighted by Crippen LogP contribution is 2.34. The zero-order chi connectivity index (χ0) is 22.2. The topological polar surface area (TPSA) is 101 Å². The number of nitrogens with two attached hydrogens (primary N) is 1. The van der Waals surface area contributed by atoms with E-state index in [-0.39, 0.29) is 23.3 Å². The van der Waals surface area contributed by atoms with Crippen molar-refractivity contribution in [2.45, 2.75) is 38.4 Å². The molecule has 31 heavy (non-hydrogen) atoms. The van der Waals surface area contributed by atoms with E-state index >= 15 is 0 Å². The van der Waals surface area contributed by atoms with Gasteiger partial charge >= 0.3 is 6.18 Å². The first-order chi connectivity index (χ1) is 14.7. The average Bonchev–Trinajstić information content (AvgIpc) is 2.73. The molecule has 0 spiro atoms. The van der Waals surface area contributed by atoms with Crippen LogP contribution in [0.4, 0.5) is 19.1 Å². The summed E-state index contributed by atoms with van der Waals surface area (Å²) < 4.78 is 52.2. The van der Waals surface area contributed by atoms with E-state index in [1.807, 2.05) is 18.7 Å². The number of alkyl halides is 3. The number of aromatic nitrogens is 2. The Morgan fingerprint density at radius 2 is 1.84 bits per heavy atom. The van der Waals surface area contributed by atoms with Crippen LogP contribution in [0.3, 0.4) is 0 Å². The van der Waals surface area contributed by atoms with Crippen LogP contribution in [0.25, 0.3) is 5.70 Å². The fraction of sp³-hybridized carbons (Fsp3) is 0.632. The lowest BCUT2D eigenvalue weighted by molar-refractivity contribution is -0.141. The smallest absolute Gasteiger partial charge is 0.379 e. The first-order valence-electron chi connectivity index (χ1n) is 10.2. The molecule has 0 aromatic carbocycles. The quantitative estimate of drug-likeness (QED) is 0.705. The lowest BCUT2D eigenvalue weighted by atomic mass is 10.1. The first kappa shape index (κ1) is 21.8. The number of aliphatic imine (C=N–C) groups is 1. The SMILES string of the molecule is C[C@H]1COCCN1C1=NC(N2CCOC[C@@H]2C)NC(c2cnc(N)nc2C(F)(F)F)=C1. The van der Waals surface area contributed by atoms with E-state index < -0.39 is 24.1 Å². The van der Waals surface area contributed by atoms with Crippen molar-refractivity contribution in [3.05, 3.63) is 23.5 Å². The number of halogens is 3. The van der Waals surface area contributed by atoms with Gasteiger partial charge in [-0.2, -0.15) is 13.2 Å². The molecule has 1 aromatic rings. The van der Waals surface area contributed by atoms with Gasteiger partial charge in [0, 0.05) is 37.0 Å². The zero-order valence-corrected chi connectivity index (χ0v) is 17.4. The number of hydrogen-bond donors (Lipinski definition) is 2. The molecule has 4 heterocycles. The number of nitrogens with zero attached hydrogens (tertiary/aromatic N) is 5. The summed E-state index contributed by atoms with van der Waals surface area (Å²) >= 11 is 0. The highest BCUT2D eigenvalue weighted by atomic mass is 19.4. The van der Waals surface area contributed by atoms with Gasteiger partial charge in [-0.25, -0.2) is 15.0 Å². The summed E-state index contributed by atoms with van der Waals surface area (Å²) in [5.74, 6) is 0.166. The fourth-order valence-corrected chi connectivity index (χ4v) is 3.95. The summed E-state index contributed by atoms with van der Waals surface area (Å²) in [5.41, 5.74) is 4.45. The number of ether oxygens (including phenoxy) is 2. The molecule has 2 saturated heterocycles. The summed E-state index contributed by atoms with van der Waals surface area (Å²) in [6.07, 6.45) is -2.51. The highest BCUT2D eigenvalue weighted by Gasteiger charge is 2.39. The van der Waals surface area contributed by atoms with Gasteiger partial charge in [0.05, 0.1) is 38.2 Å². The number of nitrogen functional groups attached to an aromatic ring is 1. The number of amidine groups is 1. The molecule has 0 aliphatic carbocycles. The molecule has 4 rings (SSSR count). The molecular formula is C19H26F3N7O2. The van der Waals surface area contributed by atoms with Gasteiger partial charge in [-0.1, -0.05) is 0 Å². The van der Waals surface area contributed by atoms with Gasteiger partial charge in [-0.05, 0) is 13.8 Å². The molecule has 12 heteroatoms. The van der Waals surface area contributed by atoms with Crippen molar-refractivity contribution in [2.24, 2.45) is 4.99 Å². The maximum atomic E-state index is 13.7. The molecule has 2 fully saturated rings. The molecule has 0 saturated carbocycles. The minimum atomic E-state index is -4.68. The highest BCUT2D eigenvalue weighted by molar-refractivity contribution is 6.00. The molecule has 1 aromatic heterocycles. The lowest BCUT2D eigenvalue weighted by Gasteiger charge is -2.42. The fourth-order valence-electron chi connectivity index (χ4n) is 3.95. The van der Waals surface area contributed by atoms with Gasteiger partial charge in [-0.3, -0.25) is 4.90 Å². The predicted molar refractivity (Wildman–Crippen MR) is 108 cm³/mol. The third kappa shape index (κ3) is 4.60. The Labute approximate surface area is 178 Å². The van der Waals surface area contributed by atoms with Crippen LogP contribution >= 0.6 is 0 Å². The van der Waals surface area contributed by atoms with Gasteiger partial charge in [0.2, 0.25) is 5.95 Å². The number of hydrogen-bond acceptors (Lipinski definition) is 9. The molecule has 0 amide bonds. The second-order valence-electron chi connectivity index (χ2n) is 7.83. The van der Waals surface area contributed by atoms with Crippen molar-refractivity contribution in [3.8, 4) is 0 Å². The van der Waals surface area contributed by atoms with Crippen LogP contribution in [0, 0.1) is 0 Å². The minimum absolute atomic E-state index is 0.0376. The summed E-state index contributed by atoms with van der Waals surface area (Å²) in [4.78, 5) is 16.3. The lowest BCUT2D eigenvalue weighted by Crippen LogP contribution is -2.56. The maximum absolute atomic E-state index is 13.7. The van der Waals surface area contributed by atoms with Crippen LogP contribution in [0.1, 0.15) is 25.1 Å². The number of morpholine rings is 2. The van der Waals surface area contributed by atoms with Crippen LogP contribution in [0.15, 0.2) is 17.3 Å². The van der Waals surface area contributed by atoms with E-state index in [0.29, 0.717) is 45.4 Å². The molecule has 1 unspecified atom stereocenters. The summed E-state index contributed by atoms with van der Waals surface area (Å²) in [6.45, 7) is 7.29. The van der Waals surface area contributed by atoms with Gasteiger partial charge < -0.3 is 25.4 Å². The average molecular weight is 441 g/mol. The van der Waals surface area contributed by atoms with E-state index in [9.17, 15) is 13.2 Å². The molecule has 0 bridgehead atoms. The third-order valence-electron chi connectivity index (χ3n) is 5.57. The van der Waals surface area contributed by atoms with Crippen molar-refractivity contribution >= 4 is 17.5 Å². The summed E-state index contributed by atoms with van der Waals surface area (Å²) in [7, 11) is 0. The summed E-state index contributed by atoms with van der Waals surface area (Å²) in [5, 5.41) is 3.15. The zero-order valence-electron chi connectivity index (χ0n) is 17.4. The Balaban J connectivity index is 1.76. The van der Waals surface area contributed by atoms with Crippen LogP contribution in [-0.2, 0) is 15.7 Å². The Morgan fingerprint density at radius 1 is 1.13 bits per heavy atom. The molecule has 9 nitrogen and oxygen atoms in total. The second-order valence-corrected chi connectivity index (χ2v) is 7.83. The largest absolute Gasteiger partial charge is 0.434 e. The number of anilines is 1. The van der Waals surface area contributed by atoms with Crippen molar-refractivity contribution in [3.63, 3.8) is 0 Å². The van der Waals surface area contributed by atoms with Gasteiger partial charge in [-0.15, -0.1) is 0 Å². The molecule has 3 aliphatic rings. The van der Waals surface area contributed by atoms with E-state index in [1.54, 1.807) is 6.08 Å².